The standard InChI is InChI=1S/C10H21NO4/c1-5-14-9(12)8-13-7-6-11-15-10(2,3)4/h11H,5-8H2,1-4H3. The van der Waals surface area contributed by atoms with Crippen molar-refractivity contribution in [2.24, 2.45) is 0 Å². The van der Waals surface area contributed by atoms with Crippen LogP contribution in [0.1, 0.15) is 27.7 Å². The Morgan fingerprint density at radius 1 is 1.33 bits per heavy atom. The molecule has 0 amide bonds. The Morgan fingerprint density at radius 3 is 2.53 bits per heavy atom. The molecule has 0 radical (unpaired) electrons. The van der Waals surface area contributed by atoms with Crippen molar-refractivity contribution in [3.63, 3.8) is 0 Å². The molecule has 0 bridgehead atoms. The highest BCUT2D eigenvalue weighted by molar-refractivity contribution is 5.70. The molecule has 0 atom stereocenters. The Kier molecular flexibility index (Phi) is 7.29. The summed E-state index contributed by atoms with van der Waals surface area (Å²) in [7, 11) is 0. The molecule has 0 aromatic heterocycles. The number of rotatable bonds is 7. The van der Waals surface area contributed by atoms with E-state index < -0.39 is 0 Å². The van der Waals surface area contributed by atoms with E-state index in [0.29, 0.717) is 19.8 Å². The summed E-state index contributed by atoms with van der Waals surface area (Å²) in [5, 5.41) is 0. The quantitative estimate of drug-likeness (QED) is 0.391. The summed E-state index contributed by atoms with van der Waals surface area (Å²) in [6.07, 6.45) is 0. The van der Waals surface area contributed by atoms with Crippen LogP contribution in [0.2, 0.25) is 0 Å². The van der Waals surface area contributed by atoms with Gasteiger partial charge in [-0.1, -0.05) is 0 Å². The molecule has 0 aromatic rings. The number of carbonyl (C=O) groups is 1. The number of nitrogens with one attached hydrogen (secondary N) is 1. The number of hydroxylamine groups is 1. The van der Waals surface area contributed by atoms with E-state index in [1.165, 1.54) is 0 Å². The average molecular weight is 219 g/mol. The minimum Gasteiger partial charge on any atom is -0.464 e. The first-order valence-corrected chi connectivity index (χ1v) is 5.10. The summed E-state index contributed by atoms with van der Waals surface area (Å²) in [6, 6.07) is 0. The molecule has 0 aliphatic carbocycles. The van der Waals surface area contributed by atoms with Crippen molar-refractivity contribution in [1.29, 1.82) is 0 Å². The first kappa shape index (κ1) is 14.3. The van der Waals surface area contributed by atoms with Gasteiger partial charge in [0, 0.05) is 6.54 Å². The van der Waals surface area contributed by atoms with Crippen LogP contribution in [-0.4, -0.2) is 37.9 Å². The summed E-state index contributed by atoms with van der Waals surface area (Å²) in [5.74, 6) is -0.339. The predicted octanol–water partition coefficient (Wildman–Crippen LogP) is 0.886. The van der Waals surface area contributed by atoms with Crippen LogP contribution in [-0.2, 0) is 19.1 Å². The number of hydrogen-bond donors (Lipinski definition) is 1. The molecular formula is C10H21NO4. The van der Waals surface area contributed by atoms with Crippen molar-refractivity contribution in [2.45, 2.75) is 33.3 Å². The van der Waals surface area contributed by atoms with Crippen LogP contribution >= 0.6 is 0 Å². The first-order chi connectivity index (χ1) is 6.95. The van der Waals surface area contributed by atoms with Gasteiger partial charge in [0.1, 0.15) is 6.61 Å². The third-order valence-electron chi connectivity index (χ3n) is 1.25. The minimum absolute atomic E-state index is 0.00889. The van der Waals surface area contributed by atoms with Gasteiger partial charge in [-0.05, 0) is 27.7 Å². The van der Waals surface area contributed by atoms with Crippen molar-refractivity contribution in [2.75, 3.05) is 26.4 Å². The average Bonchev–Trinajstić information content (AvgIpc) is 2.09. The second kappa shape index (κ2) is 7.62. The predicted molar refractivity (Wildman–Crippen MR) is 56.3 cm³/mol. The molecule has 1 N–H and O–H groups in total. The molecular weight excluding hydrogens is 198 g/mol. The van der Waals surface area contributed by atoms with E-state index in [4.69, 9.17) is 9.57 Å². The topological polar surface area (TPSA) is 56.8 Å². The summed E-state index contributed by atoms with van der Waals surface area (Å²) in [4.78, 5) is 16.1. The molecule has 0 fully saturated rings. The van der Waals surface area contributed by atoms with Crippen molar-refractivity contribution in [1.82, 2.24) is 5.48 Å². The van der Waals surface area contributed by atoms with E-state index in [9.17, 15) is 4.79 Å². The van der Waals surface area contributed by atoms with E-state index in [1.54, 1.807) is 6.92 Å². The van der Waals surface area contributed by atoms with E-state index in [0.717, 1.165) is 0 Å². The van der Waals surface area contributed by atoms with E-state index in [-0.39, 0.29) is 18.2 Å². The normalized spacial score (nSPS) is 11.5. The molecule has 5 heteroatoms. The molecule has 0 rings (SSSR count). The van der Waals surface area contributed by atoms with Gasteiger partial charge < -0.3 is 9.47 Å². The minimum atomic E-state index is -0.339. The third kappa shape index (κ3) is 11.3. The lowest BCUT2D eigenvalue weighted by Crippen LogP contribution is -2.31. The number of hydrogen-bond acceptors (Lipinski definition) is 5. The summed E-state index contributed by atoms with van der Waals surface area (Å²) < 4.78 is 9.73. The number of esters is 1. The van der Waals surface area contributed by atoms with Gasteiger partial charge in [-0.2, -0.15) is 5.48 Å². The molecule has 15 heavy (non-hydrogen) atoms. The Labute approximate surface area is 91.0 Å². The first-order valence-electron chi connectivity index (χ1n) is 5.10. The van der Waals surface area contributed by atoms with Crippen molar-refractivity contribution >= 4 is 5.97 Å². The largest absolute Gasteiger partial charge is 0.464 e. The highest BCUT2D eigenvalue weighted by Gasteiger charge is 2.09. The second-order valence-corrected chi connectivity index (χ2v) is 3.97. The van der Waals surface area contributed by atoms with Gasteiger partial charge in [0.25, 0.3) is 0 Å². The van der Waals surface area contributed by atoms with Crippen LogP contribution in [0.4, 0.5) is 0 Å². The molecule has 5 nitrogen and oxygen atoms in total. The zero-order valence-electron chi connectivity index (χ0n) is 9.96. The lowest BCUT2D eigenvalue weighted by atomic mass is 10.2. The van der Waals surface area contributed by atoms with Crippen LogP contribution in [0.25, 0.3) is 0 Å². The maximum absolute atomic E-state index is 10.8. The highest BCUT2D eigenvalue weighted by atomic mass is 16.7. The van der Waals surface area contributed by atoms with Crippen molar-refractivity contribution in [3.05, 3.63) is 0 Å². The zero-order chi connectivity index (χ0) is 11.7. The number of carbonyl (C=O) groups excluding carboxylic acids is 1. The third-order valence-corrected chi connectivity index (χ3v) is 1.25. The molecule has 0 unspecified atom stereocenters. The summed E-state index contributed by atoms with van der Waals surface area (Å²) >= 11 is 0. The maximum Gasteiger partial charge on any atom is 0.332 e. The Balaban J connectivity index is 3.22. The fourth-order valence-corrected chi connectivity index (χ4v) is 0.740. The second-order valence-electron chi connectivity index (χ2n) is 3.97. The van der Waals surface area contributed by atoms with Gasteiger partial charge in [-0.25, -0.2) is 4.79 Å². The highest BCUT2D eigenvalue weighted by Crippen LogP contribution is 2.02. The van der Waals surface area contributed by atoms with Crippen molar-refractivity contribution in [3.8, 4) is 0 Å². The van der Waals surface area contributed by atoms with Gasteiger partial charge in [-0.15, -0.1) is 0 Å². The molecule has 0 spiro atoms. The molecule has 0 heterocycles. The molecule has 0 aromatic carbocycles. The maximum atomic E-state index is 10.8. The zero-order valence-corrected chi connectivity index (χ0v) is 9.96. The molecule has 0 aliphatic heterocycles. The SMILES string of the molecule is CCOC(=O)COCCNOC(C)(C)C. The van der Waals surface area contributed by atoms with Crippen LogP contribution in [0.5, 0.6) is 0 Å². The van der Waals surface area contributed by atoms with Crippen LogP contribution in [0.3, 0.4) is 0 Å². The molecule has 0 aliphatic rings. The lowest BCUT2D eigenvalue weighted by molar-refractivity contribution is -0.149. The Bertz CT molecular complexity index is 177. The van der Waals surface area contributed by atoms with Gasteiger partial charge in [-0.3, -0.25) is 4.84 Å². The van der Waals surface area contributed by atoms with Crippen molar-refractivity contribution < 1.29 is 19.1 Å². The summed E-state index contributed by atoms with van der Waals surface area (Å²) in [5.41, 5.74) is 2.53. The van der Waals surface area contributed by atoms with E-state index >= 15 is 0 Å². The van der Waals surface area contributed by atoms with E-state index in [2.05, 4.69) is 10.2 Å². The fraction of sp³-hybridized carbons (Fsp3) is 0.900. The van der Waals surface area contributed by atoms with Gasteiger partial charge >= 0.3 is 5.97 Å². The number of ether oxygens (including phenoxy) is 2. The van der Waals surface area contributed by atoms with Gasteiger partial charge in [0.2, 0.25) is 0 Å². The van der Waals surface area contributed by atoms with Gasteiger partial charge in [0.15, 0.2) is 0 Å². The van der Waals surface area contributed by atoms with Crippen LogP contribution < -0.4 is 5.48 Å². The Hall–Kier alpha value is -0.650. The molecule has 0 saturated carbocycles. The van der Waals surface area contributed by atoms with Gasteiger partial charge in [0.05, 0.1) is 18.8 Å². The van der Waals surface area contributed by atoms with Crippen LogP contribution in [0.15, 0.2) is 0 Å². The molecule has 0 saturated heterocycles. The van der Waals surface area contributed by atoms with E-state index in [1.807, 2.05) is 20.8 Å². The van der Waals surface area contributed by atoms with Crippen LogP contribution in [0, 0.1) is 0 Å². The Morgan fingerprint density at radius 2 is 2.00 bits per heavy atom. The summed E-state index contributed by atoms with van der Waals surface area (Å²) in [6.45, 7) is 8.92. The fourth-order valence-electron chi connectivity index (χ4n) is 0.740. The molecule has 90 valence electrons. The lowest BCUT2D eigenvalue weighted by Gasteiger charge is -2.19. The smallest absolute Gasteiger partial charge is 0.332 e. The monoisotopic (exact) mass is 219 g/mol.